The number of aryl methyl sites for hydroxylation is 1. The number of nitrogens with zero attached hydrogens (tertiary/aromatic N) is 1. The Bertz CT molecular complexity index is 870. The van der Waals surface area contributed by atoms with Crippen LogP contribution in [0.4, 0.5) is 5.69 Å². The van der Waals surface area contributed by atoms with E-state index in [2.05, 4.69) is 17.1 Å². The Labute approximate surface area is 141 Å². The highest BCUT2D eigenvalue weighted by Crippen LogP contribution is 2.27. The first-order valence-corrected chi connectivity index (χ1v) is 7.81. The fraction of sp³-hybridized carbons (Fsp3) is 0.0952. The molecule has 3 nitrogen and oxygen atoms in total. The molecule has 0 aliphatic carbocycles. The molecule has 0 saturated heterocycles. The van der Waals surface area contributed by atoms with Crippen LogP contribution in [0.15, 0.2) is 71.7 Å². The van der Waals surface area contributed by atoms with Gasteiger partial charge in [-0.1, -0.05) is 42.5 Å². The summed E-state index contributed by atoms with van der Waals surface area (Å²) < 4.78 is 0. The van der Waals surface area contributed by atoms with Crippen molar-refractivity contribution < 1.29 is 10.2 Å². The summed E-state index contributed by atoms with van der Waals surface area (Å²) in [6, 6.07) is 21.0. The lowest BCUT2D eigenvalue weighted by Crippen LogP contribution is -1.91. The van der Waals surface area contributed by atoms with Gasteiger partial charge in [-0.3, -0.25) is 4.99 Å². The van der Waals surface area contributed by atoms with Gasteiger partial charge >= 0.3 is 0 Å². The second-order valence-corrected chi connectivity index (χ2v) is 5.81. The van der Waals surface area contributed by atoms with Crippen molar-refractivity contribution in [1.29, 1.82) is 0 Å². The van der Waals surface area contributed by atoms with Crippen molar-refractivity contribution in [1.82, 2.24) is 0 Å². The van der Waals surface area contributed by atoms with Crippen molar-refractivity contribution in [2.45, 2.75) is 13.3 Å². The van der Waals surface area contributed by atoms with Crippen molar-refractivity contribution in [3.8, 4) is 11.5 Å². The van der Waals surface area contributed by atoms with Crippen LogP contribution in [-0.2, 0) is 6.42 Å². The summed E-state index contributed by atoms with van der Waals surface area (Å²) in [5.41, 5.74) is 4.38. The zero-order chi connectivity index (χ0) is 16.9. The highest BCUT2D eigenvalue weighted by atomic mass is 16.3. The van der Waals surface area contributed by atoms with Crippen LogP contribution in [0, 0.1) is 6.92 Å². The van der Waals surface area contributed by atoms with Gasteiger partial charge in [0, 0.05) is 11.8 Å². The molecule has 120 valence electrons. The zero-order valence-electron chi connectivity index (χ0n) is 13.5. The van der Waals surface area contributed by atoms with Crippen molar-refractivity contribution in [3.05, 3.63) is 89.0 Å². The Balaban J connectivity index is 1.85. The second-order valence-electron chi connectivity index (χ2n) is 5.81. The summed E-state index contributed by atoms with van der Waals surface area (Å²) in [6.07, 6.45) is 2.37. The summed E-state index contributed by atoms with van der Waals surface area (Å²) >= 11 is 0. The Hall–Kier alpha value is -3.07. The number of rotatable bonds is 4. The molecule has 0 fully saturated rings. The van der Waals surface area contributed by atoms with E-state index in [9.17, 15) is 10.2 Å². The van der Waals surface area contributed by atoms with Crippen LogP contribution in [0.2, 0.25) is 0 Å². The van der Waals surface area contributed by atoms with Gasteiger partial charge in [0.25, 0.3) is 0 Å². The van der Waals surface area contributed by atoms with Gasteiger partial charge < -0.3 is 10.2 Å². The molecule has 0 atom stereocenters. The molecule has 0 saturated carbocycles. The molecule has 0 bridgehead atoms. The van der Waals surface area contributed by atoms with E-state index in [-0.39, 0.29) is 11.5 Å². The van der Waals surface area contributed by atoms with Gasteiger partial charge in [-0.05, 0) is 54.3 Å². The van der Waals surface area contributed by atoms with E-state index < -0.39 is 0 Å². The first-order valence-electron chi connectivity index (χ1n) is 7.81. The summed E-state index contributed by atoms with van der Waals surface area (Å²) in [6.45, 7) is 1.91. The van der Waals surface area contributed by atoms with E-state index >= 15 is 0 Å². The molecule has 0 aromatic heterocycles. The smallest absolute Gasteiger partial charge is 0.141 e. The predicted octanol–water partition coefficient (Wildman–Crippen LogP) is 4.75. The van der Waals surface area contributed by atoms with Crippen LogP contribution >= 0.6 is 0 Å². The van der Waals surface area contributed by atoms with Gasteiger partial charge in [-0.2, -0.15) is 0 Å². The molecule has 3 aromatic carbocycles. The van der Waals surface area contributed by atoms with Crippen LogP contribution in [-0.4, -0.2) is 16.4 Å². The molecule has 3 aromatic rings. The lowest BCUT2D eigenvalue weighted by Gasteiger charge is -2.05. The minimum absolute atomic E-state index is 0.131. The highest BCUT2D eigenvalue weighted by Gasteiger charge is 2.03. The Morgan fingerprint density at radius 3 is 2.38 bits per heavy atom. The van der Waals surface area contributed by atoms with Crippen molar-refractivity contribution in [2.24, 2.45) is 4.99 Å². The maximum atomic E-state index is 10.0. The van der Waals surface area contributed by atoms with Crippen LogP contribution in [0.5, 0.6) is 11.5 Å². The highest BCUT2D eigenvalue weighted by molar-refractivity contribution is 5.86. The van der Waals surface area contributed by atoms with Gasteiger partial charge in [0.2, 0.25) is 0 Å². The Morgan fingerprint density at radius 2 is 1.62 bits per heavy atom. The maximum absolute atomic E-state index is 10.0. The quantitative estimate of drug-likeness (QED) is 0.682. The number of aliphatic imine (C=N–C) groups is 1. The third-order valence-electron chi connectivity index (χ3n) is 3.82. The Kier molecular flexibility index (Phi) is 4.62. The topological polar surface area (TPSA) is 52.8 Å². The number of hydrogen-bond donors (Lipinski definition) is 2. The predicted molar refractivity (Wildman–Crippen MR) is 97.5 cm³/mol. The molecule has 0 aliphatic heterocycles. The molecule has 0 radical (unpaired) electrons. The lowest BCUT2D eigenvalue weighted by molar-refractivity contribution is 0.473. The maximum Gasteiger partial charge on any atom is 0.141 e. The average Bonchev–Trinajstić information content (AvgIpc) is 2.57. The van der Waals surface area contributed by atoms with E-state index in [0.29, 0.717) is 11.3 Å². The van der Waals surface area contributed by atoms with Crippen LogP contribution < -0.4 is 0 Å². The summed E-state index contributed by atoms with van der Waals surface area (Å²) in [4.78, 5) is 4.29. The molecule has 3 rings (SSSR count). The molecule has 0 unspecified atom stereocenters. The minimum Gasteiger partial charge on any atom is -0.507 e. The lowest BCUT2D eigenvalue weighted by atomic mass is 10.0. The first-order chi connectivity index (χ1) is 11.6. The fourth-order valence-corrected chi connectivity index (χ4v) is 2.53. The molecule has 3 heteroatoms. The molecule has 0 heterocycles. The zero-order valence-corrected chi connectivity index (χ0v) is 13.5. The Morgan fingerprint density at radius 1 is 0.833 bits per heavy atom. The molecule has 0 aliphatic rings. The van der Waals surface area contributed by atoms with Crippen molar-refractivity contribution >= 4 is 11.9 Å². The molecular weight excluding hydrogens is 298 g/mol. The summed E-state index contributed by atoms with van der Waals surface area (Å²) in [7, 11) is 0. The number of hydrogen-bond acceptors (Lipinski definition) is 3. The molecule has 24 heavy (non-hydrogen) atoms. The SMILES string of the molecule is Cc1ccc(N=Cc2cc(Cc3ccccc3)ccc2O)c(O)c1. The molecule has 0 amide bonds. The minimum atomic E-state index is 0.131. The molecule has 2 N–H and O–H groups in total. The number of aromatic hydroxyl groups is 2. The third-order valence-corrected chi connectivity index (χ3v) is 3.82. The second kappa shape index (κ2) is 7.01. The van der Waals surface area contributed by atoms with E-state index in [1.165, 1.54) is 5.56 Å². The first kappa shape index (κ1) is 15.8. The third kappa shape index (κ3) is 3.82. The number of phenolic OH excluding ortho intramolecular Hbond substituents is 2. The molecule has 0 spiro atoms. The van der Waals surface area contributed by atoms with Gasteiger partial charge in [0.05, 0.1) is 0 Å². The largest absolute Gasteiger partial charge is 0.507 e. The van der Waals surface area contributed by atoms with Gasteiger partial charge in [0.1, 0.15) is 17.2 Å². The molecular formula is C21H19NO2. The van der Waals surface area contributed by atoms with Crippen molar-refractivity contribution in [3.63, 3.8) is 0 Å². The summed E-state index contributed by atoms with van der Waals surface area (Å²) in [5.74, 6) is 0.299. The van der Waals surface area contributed by atoms with Gasteiger partial charge in [-0.25, -0.2) is 0 Å². The van der Waals surface area contributed by atoms with Gasteiger partial charge in [-0.15, -0.1) is 0 Å². The van der Waals surface area contributed by atoms with Gasteiger partial charge in [0.15, 0.2) is 0 Å². The normalized spacial score (nSPS) is 11.0. The van der Waals surface area contributed by atoms with Crippen LogP contribution in [0.1, 0.15) is 22.3 Å². The standard InChI is InChI=1S/C21H19NO2/c1-15-7-9-19(21(24)11-15)22-14-18-13-17(8-10-20(18)23)12-16-5-3-2-4-6-16/h2-11,13-14,23-24H,12H2,1H3. The van der Waals surface area contributed by atoms with E-state index in [4.69, 9.17) is 0 Å². The van der Waals surface area contributed by atoms with E-state index in [0.717, 1.165) is 17.5 Å². The average molecular weight is 317 g/mol. The van der Waals surface area contributed by atoms with Crippen LogP contribution in [0.3, 0.4) is 0 Å². The van der Waals surface area contributed by atoms with E-state index in [1.54, 1.807) is 24.4 Å². The fourth-order valence-electron chi connectivity index (χ4n) is 2.53. The number of benzene rings is 3. The van der Waals surface area contributed by atoms with Crippen molar-refractivity contribution in [2.75, 3.05) is 0 Å². The van der Waals surface area contributed by atoms with E-state index in [1.807, 2.05) is 43.3 Å². The monoisotopic (exact) mass is 317 g/mol. The number of phenols is 2. The van der Waals surface area contributed by atoms with Crippen LogP contribution in [0.25, 0.3) is 0 Å². The summed E-state index contributed by atoms with van der Waals surface area (Å²) in [5, 5.41) is 20.0.